The van der Waals surface area contributed by atoms with Gasteiger partial charge < -0.3 is 0 Å². The lowest BCUT2D eigenvalue weighted by Gasteiger charge is -2.10. The molecule has 1 nitrogen and oxygen atoms in total. The molecule has 0 bridgehead atoms. The summed E-state index contributed by atoms with van der Waals surface area (Å²) in [7, 11) is 0. The van der Waals surface area contributed by atoms with Crippen molar-refractivity contribution >= 4 is 10.8 Å². The molecule has 1 heterocycles. The Hall–Kier alpha value is -3.71. The fourth-order valence-electron chi connectivity index (χ4n) is 3.66. The number of benzene rings is 4. The quantitative estimate of drug-likeness (QED) is 0.332. The van der Waals surface area contributed by atoms with Gasteiger partial charge in [0.1, 0.15) is 0 Å². The van der Waals surface area contributed by atoms with E-state index in [4.69, 9.17) is 4.98 Å². The van der Waals surface area contributed by atoms with Crippen molar-refractivity contribution in [3.8, 4) is 33.6 Å². The zero-order valence-electron chi connectivity index (χ0n) is 15.4. The molecule has 0 aliphatic heterocycles. The van der Waals surface area contributed by atoms with Gasteiger partial charge in [-0.25, -0.2) is 4.98 Å². The Balaban J connectivity index is 1.67. The summed E-state index contributed by atoms with van der Waals surface area (Å²) in [5.74, 6) is 0. The monoisotopic (exact) mass is 357 g/mol. The fraction of sp³-hybridized carbons (Fsp3) is 0. The average Bonchev–Trinajstić information content (AvgIpc) is 2.79. The van der Waals surface area contributed by atoms with E-state index in [-0.39, 0.29) is 0 Å². The van der Waals surface area contributed by atoms with E-state index in [2.05, 4.69) is 97.1 Å². The number of hydrogen-bond donors (Lipinski definition) is 0. The molecule has 0 spiro atoms. The first-order valence-electron chi connectivity index (χ1n) is 9.49. The van der Waals surface area contributed by atoms with E-state index in [1.54, 1.807) is 0 Å². The second-order valence-corrected chi connectivity index (χ2v) is 6.88. The number of nitrogens with zero attached hydrogens (tertiary/aromatic N) is 1. The first-order chi connectivity index (χ1) is 13.9. The lowest BCUT2D eigenvalue weighted by Crippen LogP contribution is -1.89. The van der Waals surface area contributed by atoms with Crippen molar-refractivity contribution in [1.82, 2.24) is 4.98 Å². The molecular formula is C27H19N. The molecule has 0 fully saturated rings. The lowest BCUT2D eigenvalue weighted by atomic mass is 9.96. The smallest absolute Gasteiger partial charge is 0.0715 e. The molecule has 0 amide bonds. The molecular weight excluding hydrogens is 338 g/mol. The van der Waals surface area contributed by atoms with Gasteiger partial charge in [0, 0.05) is 11.1 Å². The first-order valence-corrected chi connectivity index (χ1v) is 9.49. The summed E-state index contributed by atoms with van der Waals surface area (Å²) >= 11 is 0. The average molecular weight is 357 g/mol. The molecule has 0 aliphatic carbocycles. The normalized spacial score (nSPS) is 10.9. The molecule has 0 radical (unpaired) electrons. The van der Waals surface area contributed by atoms with Crippen molar-refractivity contribution in [2.24, 2.45) is 0 Å². The molecule has 0 saturated carbocycles. The van der Waals surface area contributed by atoms with E-state index in [0.29, 0.717) is 0 Å². The molecule has 5 rings (SSSR count). The summed E-state index contributed by atoms with van der Waals surface area (Å²) in [5.41, 5.74) is 6.74. The van der Waals surface area contributed by atoms with Gasteiger partial charge in [-0.05, 0) is 40.1 Å². The zero-order chi connectivity index (χ0) is 18.8. The molecule has 1 heteroatoms. The van der Waals surface area contributed by atoms with Crippen LogP contribution >= 0.6 is 0 Å². The number of hydrogen-bond acceptors (Lipinski definition) is 1. The van der Waals surface area contributed by atoms with Crippen LogP contribution in [0.1, 0.15) is 0 Å². The minimum atomic E-state index is 0.995. The van der Waals surface area contributed by atoms with Crippen LogP contribution in [0, 0.1) is 0 Å². The highest BCUT2D eigenvalue weighted by Gasteiger charge is 2.08. The van der Waals surface area contributed by atoms with Gasteiger partial charge in [-0.2, -0.15) is 0 Å². The van der Waals surface area contributed by atoms with Crippen LogP contribution in [-0.2, 0) is 0 Å². The van der Waals surface area contributed by atoms with Crippen LogP contribution in [0.15, 0.2) is 115 Å². The molecule has 5 aromatic rings. The minimum Gasteiger partial charge on any atom is -0.248 e. The van der Waals surface area contributed by atoms with Crippen molar-refractivity contribution < 1.29 is 0 Å². The van der Waals surface area contributed by atoms with Crippen molar-refractivity contribution in [1.29, 1.82) is 0 Å². The van der Waals surface area contributed by atoms with Crippen LogP contribution in [0.4, 0.5) is 0 Å². The van der Waals surface area contributed by atoms with Crippen molar-refractivity contribution in [2.45, 2.75) is 0 Å². The van der Waals surface area contributed by atoms with Crippen molar-refractivity contribution in [3.05, 3.63) is 115 Å². The number of fused-ring (bicyclic) bond motifs is 1. The van der Waals surface area contributed by atoms with Gasteiger partial charge in [0.25, 0.3) is 0 Å². The van der Waals surface area contributed by atoms with E-state index in [0.717, 1.165) is 22.5 Å². The first kappa shape index (κ1) is 16.5. The highest BCUT2D eigenvalue weighted by Crippen LogP contribution is 2.32. The summed E-state index contributed by atoms with van der Waals surface area (Å²) < 4.78 is 0. The van der Waals surface area contributed by atoms with E-state index in [9.17, 15) is 0 Å². The predicted molar refractivity (Wildman–Crippen MR) is 118 cm³/mol. The largest absolute Gasteiger partial charge is 0.248 e. The van der Waals surface area contributed by atoms with Crippen LogP contribution in [0.25, 0.3) is 44.4 Å². The minimum absolute atomic E-state index is 0.995. The Labute approximate surface area is 165 Å². The van der Waals surface area contributed by atoms with Crippen LogP contribution in [0.2, 0.25) is 0 Å². The van der Waals surface area contributed by atoms with E-state index < -0.39 is 0 Å². The Kier molecular flexibility index (Phi) is 4.19. The summed E-state index contributed by atoms with van der Waals surface area (Å²) in [5, 5.41) is 2.45. The van der Waals surface area contributed by atoms with Crippen LogP contribution in [0.3, 0.4) is 0 Å². The third kappa shape index (κ3) is 3.08. The lowest BCUT2D eigenvalue weighted by molar-refractivity contribution is 1.33. The molecule has 0 saturated heterocycles. The van der Waals surface area contributed by atoms with Crippen LogP contribution in [0.5, 0.6) is 0 Å². The van der Waals surface area contributed by atoms with Crippen molar-refractivity contribution in [2.75, 3.05) is 0 Å². The maximum Gasteiger partial charge on any atom is 0.0715 e. The van der Waals surface area contributed by atoms with Crippen LogP contribution < -0.4 is 0 Å². The highest BCUT2D eigenvalue weighted by atomic mass is 14.7. The molecule has 0 aliphatic rings. The summed E-state index contributed by atoms with van der Waals surface area (Å²) in [6.45, 7) is 0. The topological polar surface area (TPSA) is 12.9 Å². The summed E-state index contributed by atoms with van der Waals surface area (Å²) in [4.78, 5) is 4.97. The third-order valence-electron chi connectivity index (χ3n) is 5.08. The highest BCUT2D eigenvalue weighted by molar-refractivity contribution is 5.98. The predicted octanol–water partition coefficient (Wildman–Crippen LogP) is 7.24. The molecule has 4 aromatic carbocycles. The van der Waals surface area contributed by atoms with Gasteiger partial charge in [-0.1, -0.05) is 97.1 Å². The standard InChI is InChI=1S/C27H19N/c1-3-9-20(10-4-1)23-18-17-21-13-7-14-24(25(21)19-23)27-16-8-15-26(28-27)22-11-5-2-6-12-22/h1-19H. The van der Waals surface area contributed by atoms with Gasteiger partial charge in [-0.15, -0.1) is 0 Å². The molecule has 28 heavy (non-hydrogen) atoms. The second-order valence-electron chi connectivity index (χ2n) is 6.88. The van der Waals surface area contributed by atoms with E-state index >= 15 is 0 Å². The summed E-state index contributed by atoms with van der Waals surface area (Å²) in [6, 6.07) is 40.2. The Morgan fingerprint density at radius 2 is 1.11 bits per heavy atom. The van der Waals surface area contributed by atoms with Crippen LogP contribution in [-0.4, -0.2) is 4.98 Å². The number of aromatic nitrogens is 1. The van der Waals surface area contributed by atoms with Gasteiger partial charge in [0.2, 0.25) is 0 Å². The molecule has 1 aromatic heterocycles. The molecule has 0 atom stereocenters. The Bertz CT molecular complexity index is 1240. The maximum absolute atomic E-state index is 4.97. The molecule has 132 valence electrons. The third-order valence-corrected chi connectivity index (χ3v) is 5.08. The van der Waals surface area contributed by atoms with E-state index in [1.165, 1.54) is 21.9 Å². The van der Waals surface area contributed by atoms with Crippen molar-refractivity contribution in [3.63, 3.8) is 0 Å². The number of rotatable bonds is 3. The Morgan fingerprint density at radius 1 is 0.429 bits per heavy atom. The Morgan fingerprint density at radius 3 is 1.89 bits per heavy atom. The molecule has 0 N–H and O–H groups in total. The fourth-order valence-corrected chi connectivity index (χ4v) is 3.66. The van der Waals surface area contributed by atoms with Gasteiger partial charge >= 0.3 is 0 Å². The van der Waals surface area contributed by atoms with E-state index in [1.807, 2.05) is 18.2 Å². The van der Waals surface area contributed by atoms with Gasteiger partial charge in [0.15, 0.2) is 0 Å². The van der Waals surface area contributed by atoms with Gasteiger partial charge in [-0.3, -0.25) is 0 Å². The molecule has 0 unspecified atom stereocenters. The number of pyridine rings is 1. The van der Waals surface area contributed by atoms with Gasteiger partial charge in [0.05, 0.1) is 11.4 Å². The maximum atomic E-state index is 4.97. The second kappa shape index (κ2) is 7.13. The SMILES string of the molecule is c1ccc(-c2ccc3cccc(-c4cccc(-c5ccccc5)n4)c3c2)cc1. The summed E-state index contributed by atoms with van der Waals surface area (Å²) in [6.07, 6.45) is 0. The zero-order valence-corrected chi connectivity index (χ0v) is 15.4.